The Labute approximate surface area is 141 Å². The van der Waals surface area contributed by atoms with Crippen LogP contribution in [0, 0.1) is 0 Å². The average molecular weight is 356 g/mol. The van der Waals surface area contributed by atoms with Gasteiger partial charge in [-0.1, -0.05) is 25.6 Å². The average Bonchev–Trinajstić information content (AvgIpc) is 3.08. The van der Waals surface area contributed by atoms with Gasteiger partial charge in [-0.2, -0.15) is 13.2 Å². The Kier molecular flexibility index (Phi) is 5.54. The van der Waals surface area contributed by atoms with Crippen molar-refractivity contribution in [3.63, 3.8) is 0 Å². The van der Waals surface area contributed by atoms with Gasteiger partial charge in [-0.3, -0.25) is 9.59 Å². The van der Waals surface area contributed by atoms with Crippen LogP contribution in [-0.4, -0.2) is 17.7 Å². The highest BCUT2D eigenvalue weighted by Crippen LogP contribution is 2.38. The van der Waals surface area contributed by atoms with Crippen LogP contribution in [0.25, 0.3) is 0 Å². The molecule has 24 heavy (non-hydrogen) atoms. The van der Waals surface area contributed by atoms with Crippen molar-refractivity contribution in [2.24, 2.45) is 0 Å². The van der Waals surface area contributed by atoms with E-state index in [0.29, 0.717) is 12.8 Å². The summed E-state index contributed by atoms with van der Waals surface area (Å²) in [6, 6.07) is 2.62. The van der Waals surface area contributed by atoms with Crippen LogP contribution in [0.4, 0.5) is 13.2 Å². The molecule has 1 aliphatic rings. The summed E-state index contributed by atoms with van der Waals surface area (Å²) in [6.45, 7) is 3.71. The summed E-state index contributed by atoms with van der Waals surface area (Å²) in [6.07, 6.45) is 0.135. The zero-order valence-corrected chi connectivity index (χ0v) is 13.9. The topological polar surface area (TPSA) is 47.3 Å². The highest BCUT2D eigenvalue weighted by Gasteiger charge is 2.44. The maximum absolute atomic E-state index is 13.0. The minimum absolute atomic E-state index is 0.0221. The molecular weight excluding hydrogens is 341 g/mol. The Hall–Kier alpha value is -2.02. The van der Waals surface area contributed by atoms with E-state index < -0.39 is 23.3 Å². The number of rotatable bonds is 5. The molecule has 7 heteroatoms. The first-order valence-corrected chi connectivity index (χ1v) is 8.12. The Morgan fingerprint density at radius 2 is 1.71 bits per heavy atom. The normalized spacial score (nSPS) is 15.0. The molecule has 3 nitrogen and oxygen atoms in total. The van der Waals surface area contributed by atoms with Crippen molar-refractivity contribution in [2.75, 3.05) is 0 Å². The van der Waals surface area contributed by atoms with E-state index in [1.165, 1.54) is 42.3 Å². The molecule has 0 unspecified atom stereocenters. The predicted octanol–water partition coefficient (Wildman–Crippen LogP) is 5.22. The fourth-order valence-corrected chi connectivity index (χ4v) is 3.14. The smallest absolute Gasteiger partial charge is 0.455 e. The van der Waals surface area contributed by atoms with Crippen LogP contribution >= 0.6 is 11.8 Å². The van der Waals surface area contributed by atoms with Crippen LogP contribution < -0.4 is 0 Å². The standard InChI is InChI=1S/C17H15F3O3S/c1-3-11-8-10(9-12(4-2)24-11)14(16(22)17(18,19)20)15(21)13-6-5-7-23-13/h5-9H,3-4H2,1-2H3. The van der Waals surface area contributed by atoms with E-state index in [1.54, 1.807) is 0 Å². The summed E-state index contributed by atoms with van der Waals surface area (Å²) in [5.74, 6) is -3.53. The van der Waals surface area contributed by atoms with Crippen molar-refractivity contribution < 1.29 is 27.2 Å². The number of Topliss-reactive ketones (excluding diaryl/α,β-unsaturated/α-hetero) is 2. The number of thioether (sulfide) groups is 1. The molecule has 0 saturated carbocycles. The summed E-state index contributed by atoms with van der Waals surface area (Å²) in [4.78, 5) is 25.9. The molecule has 1 aromatic heterocycles. The summed E-state index contributed by atoms with van der Waals surface area (Å²) in [5, 5.41) is 0. The van der Waals surface area contributed by atoms with E-state index in [4.69, 9.17) is 4.42 Å². The molecule has 1 aliphatic heterocycles. The molecule has 0 spiro atoms. The second-order valence-electron chi connectivity index (χ2n) is 4.99. The highest BCUT2D eigenvalue weighted by atomic mass is 32.2. The Morgan fingerprint density at radius 3 is 2.12 bits per heavy atom. The van der Waals surface area contributed by atoms with Gasteiger partial charge in [-0.25, -0.2) is 0 Å². The van der Waals surface area contributed by atoms with E-state index >= 15 is 0 Å². The minimum Gasteiger partial charge on any atom is -0.461 e. The molecule has 0 saturated heterocycles. The Balaban J connectivity index is 2.66. The molecule has 1 aromatic rings. The van der Waals surface area contributed by atoms with Gasteiger partial charge in [0.25, 0.3) is 5.78 Å². The van der Waals surface area contributed by atoms with Crippen LogP contribution in [0.5, 0.6) is 0 Å². The first-order valence-electron chi connectivity index (χ1n) is 7.30. The maximum atomic E-state index is 13.0. The molecule has 0 fully saturated rings. The number of furan rings is 1. The molecule has 2 heterocycles. The first kappa shape index (κ1) is 18.3. The van der Waals surface area contributed by atoms with Crippen LogP contribution in [0.1, 0.15) is 37.2 Å². The maximum Gasteiger partial charge on any atom is 0.455 e. The third kappa shape index (κ3) is 3.90. The van der Waals surface area contributed by atoms with E-state index in [9.17, 15) is 22.8 Å². The van der Waals surface area contributed by atoms with Crippen LogP contribution in [0.2, 0.25) is 0 Å². The third-order valence-corrected chi connectivity index (χ3v) is 4.67. The number of halogens is 3. The molecule has 0 radical (unpaired) electrons. The van der Waals surface area contributed by atoms with Crippen molar-refractivity contribution in [1.82, 2.24) is 0 Å². The Morgan fingerprint density at radius 1 is 1.12 bits per heavy atom. The minimum atomic E-state index is -5.14. The first-order chi connectivity index (χ1) is 11.3. The molecule has 0 atom stereocenters. The van der Waals surface area contributed by atoms with E-state index in [-0.39, 0.29) is 11.3 Å². The zero-order chi connectivity index (χ0) is 17.9. The second kappa shape index (κ2) is 7.25. The van der Waals surface area contributed by atoms with Gasteiger partial charge in [-0.05, 0) is 52.5 Å². The van der Waals surface area contributed by atoms with Gasteiger partial charge < -0.3 is 4.42 Å². The SMILES string of the molecule is CCC1=CC(=C(C(=O)c2ccco2)C(=O)C(F)(F)F)C=C(CC)S1. The van der Waals surface area contributed by atoms with Gasteiger partial charge in [-0.15, -0.1) is 0 Å². The molecule has 0 N–H and O–H groups in total. The molecule has 0 bridgehead atoms. The fourth-order valence-electron chi connectivity index (χ4n) is 2.15. The second-order valence-corrected chi connectivity index (χ2v) is 6.25. The third-order valence-electron chi connectivity index (χ3n) is 3.34. The van der Waals surface area contributed by atoms with E-state index in [2.05, 4.69) is 0 Å². The summed E-state index contributed by atoms with van der Waals surface area (Å²) < 4.78 is 43.9. The lowest BCUT2D eigenvalue weighted by atomic mass is 9.96. The van der Waals surface area contributed by atoms with Crippen molar-refractivity contribution in [2.45, 2.75) is 32.9 Å². The lowest BCUT2D eigenvalue weighted by Gasteiger charge is -2.17. The molecule has 2 rings (SSSR count). The fraction of sp³-hybridized carbons (Fsp3) is 0.294. The molecule has 0 aromatic carbocycles. The number of ketones is 2. The molecule has 0 amide bonds. The predicted molar refractivity (Wildman–Crippen MR) is 85.5 cm³/mol. The summed E-state index contributed by atoms with van der Waals surface area (Å²) in [5.41, 5.74) is -0.930. The van der Waals surface area contributed by atoms with Gasteiger partial charge in [0, 0.05) is 0 Å². The van der Waals surface area contributed by atoms with Crippen LogP contribution in [0.15, 0.2) is 55.9 Å². The van der Waals surface area contributed by atoms with Gasteiger partial charge in [0.05, 0.1) is 11.8 Å². The van der Waals surface area contributed by atoms with Crippen molar-refractivity contribution in [3.8, 4) is 0 Å². The number of allylic oxidation sites excluding steroid dienone is 6. The number of carbonyl (C=O) groups is 2. The van der Waals surface area contributed by atoms with Gasteiger partial charge in [0.15, 0.2) is 5.76 Å². The molecule has 0 aliphatic carbocycles. The monoisotopic (exact) mass is 356 g/mol. The largest absolute Gasteiger partial charge is 0.461 e. The van der Waals surface area contributed by atoms with E-state index in [0.717, 1.165) is 9.81 Å². The van der Waals surface area contributed by atoms with E-state index in [1.807, 2.05) is 13.8 Å². The van der Waals surface area contributed by atoms with Crippen LogP contribution in [0.3, 0.4) is 0 Å². The van der Waals surface area contributed by atoms with Gasteiger partial charge in [0.1, 0.15) is 0 Å². The number of hydrogen-bond donors (Lipinski definition) is 0. The molecule has 128 valence electrons. The summed E-state index contributed by atoms with van der Waals surface area (Å²) >= 11 is 1.44. The number of carbonyl (C=O) groups excluding carboxylic acids is 2. The van der Waals surface area contributed by atoms with Crippen LogP contribution in [-0.2, 0) is 4.79 Å². The molecular formula is C17H15F3O3S. The highest BCUT2D eigenvalue weighted by molar-refractivity contribution is 8.06. The summed E-state index contributed by atoms with van der Waals surface area (Å²) in [7, 11) is 0. The van der Waals surface area contributed by atoms with Gasteiger partial charge in [0.2, 0.25) is 5.78 Å². The number of alkyl halides is 3. The van der Waals surface area contributed by atoms with Crippen molar-refractivity contribution >= 4 is 23.3 Å². The Bertz CT molecular complexity index is 716. The quantitative estimate of drug-likeness (QED) is 0.314. The lowest BCUT2D eigenvalue weighted by molar-refractivity contribution is -0.166. The lowest BCUT2D eigenvalue weighted by Crippen LogP contribution is -2.29. The van der Waals surface area contributed by atoms with Crippen molar-refractivity contribution in [1.29, 1.82) is 0 Å². The van der Waals surface area contributed by atoms with Crippen molar-refractivity contribution in [3.05, 3.63) is 57.3 Å². The number of hydrogen-bond acceptors (Lipinski definition) is 4. The zero-order valence-electron chi connectivity index (χ0n) is 13.1. The van der Waals surface area contributed by atoms with Gasteiger partial charge >= 0.3 is 6.18 Å².